The molecule has 1 fully saturated rings. The molecule has 0 spiro atoms. The molecule has 0 saturated carbocycles. The lowest BCUT2D eigenvalue weighted by Gasteiger charge is -2.38. The number of hydrogen-bond donors (Lipinski definition) is 3. The molecule has 0 amide bonds. The van der Waals surface area contributed by atoms with Gasteiger partial charge < -0.3 is 15.3 Å². The number of aliphatic hydroxyl groups is 2. The van der Waals surface area contributed by atoms with E-state index in [1.807, 2.05) is 42.6 Å². The number of hydrogen-bond acceptors (Lipinski definition) is 5. The molecule has 1 saturated heterocycles. The first-order valence-electron chi connectivity index (χ1n) is 8.45. The summed E-state index contributed by atoms with van der Waals surface area (Å²) in [7, 11) is 0. The molecular formula is C18H28O3S2. The normalized spacial score (nSPS) is 20.1. The Bertz CT molecular complexity index is 458. The van der Waals surface area contributed by atoms with Gasteiger partial charge in [0.1, 0.15) is 5.75 Å². The molecule has 2 rings (SSSR count). The Kier molecular flexibility index (Phi) is 7.60. The SMILES string of the molecule is CC[C@@H](O)C[C@@H](O)CC1(CCc2ccc(O)cc2)SCCCS1. The molecule has 5 heteroatoms. The minimum absolute atomic E-state index is 0.0447. The summed E-state index contributed by atoms with van der Waals surface area (Å²) in [5.74, 6) is 2.59. The molecule has 23 heavy (non-hydrogen) atoms. The van der Waals surface area contributed by atoms with Crippen LogP contribution in [0.15, 0.2) is 24.3 Å². The molecule has 0 aromatic heterocycles. The van der Waals surface area contributed by atoms with Crippen LogP contribution in [0.5, 0.6) is 5.75 Å². The lowest BCUT2D eigenvalue weighted by Crippen LogP contribution is -2.32. The Morgan fingerprint density at radius 3 is 2.35 bits per heavy atom. The summed E-state index contributed by atoms with van der Waals surface area (Å²) in [6.07, 6.45) is 4.23. The van der Waals surface area contributed by atoms with E-state index >= 15 is 0 Å². The molecule has 1 aromatic rings. The molecule has 3 N–H and O–H groups in total. The molecule has 1 aromatic carbocycles. The van der Waals surface area contributed by atoms with Crippen LogP contribution >= 0.6 is 23.5 Å². The van der Waals surface area contributed by atoms with E-state index in [9.17, 15) is 15.3 Å². The summed E-state index contributed by atoms with van der Waals surface area (Å²) in [6, 6.07) is 7.40. The molecule has 130 valence electrons. The highest BCUT2D eigenvalue weighted by Gasteiger charge is 2.35. The molecule has 1 heterocycles. The number of thioether (sulfide) groups is 2. The van der Waals surface area contributed by atoms with Crippen molar-refractivity contribution in [3.8, 4) is 5.75 Å². The van der Waals surface area contributed by atoms with Crippen molar-refractivity contribution >= 4 is 23.5 Å². The van der Waals surface area contributed by atoms with Gasteiger partial charge in [-0.3, -0.25) is 0 Å². The van der Waals surface area contributed by atoms with Crippen LogP contribution in [0.2, 0.25) is 0 Å². The molecule has 0 aliphatic carbocycles. The number of aromatic hydroxyl groups is 1. The summed E-state index contributed by atoms with van der Waals surface area (Å²) in [5.41, 5.74) is 1.22. The highest BCUT2D eigenvalue weighted by molar-refractivity contribution is 8.18. The Balaban J connectivity index is 1.96. The van der Waals surface area contributed by atoms with Crippen LogP contribution < -0.4 is 0 Å². The number of phenols is 1. The van der Waals surface area contributed by atoms with E-state index in [0.717, 1.165) is 30.8 Å². The fraction of sp³-hybridized carbons (Fsp3) is 0.667. The van der Waals surface area contributed by atoms with Gasteiger partial charge in [-0.05, 0) is 67.7 Å². The van der Waals surface area contributed by atoms with Gasteiger partial charge in [-0.2, -0.15) is 0 Å². The van der Waals surface area contributed by atoms with E-state index in [2.05, 4.69) is 0 Å². The van der Waals surface area contributed by atoms with Crippen LogP contribution in [0.4, 0.5) is 0 Å². The Hall–Kier alpha value is -0.360. The van der Waals surface area contributed by atoms with Gasteiger partial charge in [-0.1, -0.05) is 19.1 Å². The van der Waals surface area contributed by atoms with Gasteiger partial charge >= 0.3 is 0 Å². The Labute approximate surface area is 147 Å². The van der Waals surface area contributed by atoms with Crippen molar-refractivity contribution in [1.82, 2.24) is 0 Å². The maximum atomic E-state index is 10.4. The first kappa shape index (κ1) is 19.0. The smallest absolute Gasteiger partial charge is 0.115 e. The van der Waals surface area contributed by atoms with Crippen LogP contribution in [-0.4, -0.2) is 43.1 Å². The second-order valence-corrected chi connectivity index (χ2v) is 9.50. The van der Waals surface area contributed by atoms with E-state index in [4.69, 9.17) is 0 Å². The zero-order valence-electron chi connectivity index (χ0n) is 13.8. The largest absolute Gasteiger partial charge is 0.508 e. The number of aryl methyl sites for hydroxylation is 1. The van der Waals surface area contributed by atoms with Crippen molar-refractivity contribution in [2.24, 2.45) is 0 Å². The van der Waals surface area contributed by atoms with Gasteiger partial charge in [0.05, 0.1) is 16.3 Å². The van der Waals surface area contributed by atoms with Crippen molar-refractivity contribution in [3.63, 3.8) is 0 Å². The minimum Gasteiger partial charge on any atom is -0.508 e. The quantitative estimate of drug-likeness (QED) is 0.661. The van der Waals surface area contributed by atoms with Gasteiger partial charge in [0.2, 0.25) is 0 Å². The number of phenolic OH excluding ortho intramolecular Hbond substituents is 1. The fourth-order valence-electron chi connectivity index (χ4n) is 2.90. The van der Waals surface area contributed by atoms with Crippen LogP contribution in [0.25, 0.3) is 0 Å². The van der Waals surface area contributed by atoms with Crippen molar-refractivity contribution in [2.75, 3.05) is 11.5 Å². The lowest BCUT2D eigenvalue weighted by atomic mass is 10.0. The highest BCUT2D eigenvalue weighted by Crippen LogP contribution is 2.49. The lowest BCUT2D eigenvalue weighted by molar-refractivity contribution is 0.0716. The zero-order chi connectivity index (χ0) is 16.7. The van der Waals surface area contributed by atoms with Crippen molar-refractivity contribution < 1.29 is 15.3 Å². The number of benzene rings is 1. The van der Waals surface area contributed by atoms with E-state index in [1.54, 1.807) is 12.1 Å². The number of rotatable bonds is 8. The van der Waals surface area contributed by atoms with E-state index < -0.39 is 12.2 Å². The third kappa shape index (κ3) is 6.22. The molecule has 1 aliphatic rings. The molecule has 0 radical (unpaired) electrons. The summed E-state index contributed by atoms with van der Waals surface area (Å²) in [6.45, 7) is 1.95. The predicted molar refractivity (Wildman–Crippen MR) is 100 cm³/mol. The second-order valence-electron chi connectivity index (χ2n) is 6.28. The Morgan fingerprint density at radius 1 is 1.09 bits per heavy atom. The van der Waals surface area contributed by atoms with E-state index in [-0.39, 0.29) is 4.08 Å². The van der Waals surface area contributed by atoms with Crippen molar-refractivity contribution in [1.29, 1.82) is 0 Å². The monoisotopic (exact) mass is 356 g/mol. The summed E-state index contributed by atoms with van der Waals surface area (Å²) >= 11 is 3.94. The summed E-state index contributed by atoms with van der Waals surface area (Å²) < 4.78 is 0.0447. The first-order valence-corrected chi connectivity index (χ1v) is 10.4. The number of aliphatic hydroxyl groups excluding tert-OH is 2. The third-order valence-corrected chi connectivity index (χ3v) is 7.80. The minimum atomic E-state index is -0.442. The highest BCUT2D eigenvalue weighted by atomic mass is 32.2. The molecule has 0 bridgehead atoms. The average molecular weight is 357 g/mol. The molecule has 2 atom stereocenters. The van der Waals surface area contributed by atoms with Gasteiger partial charge in [-0.25, -0.2) is 0 Å². The second kappa shape index (κ2) is 9.21. The fourth-order valence-corrected chi connectivity index (χ4v) is 6.35. The maximum absolute atomic E-state index is 10.4. The van der Waals surface area contributed by atoms with Crippen LogP contribution in [0, 0.1) is 0 Å². The summed E-state index contributed by atoms with van der Waals surface area (Å²) in [5, 5.41) is 29.5. The predicted octanol–water partition coefficient (Wildman–Crippen LogP) is 3.80. The topological polar surface area (TPSA) is 60.7 Å². The van der Waals surface area contributed by atoms with Gasteiger partial charge in [0.25, 0.3) is 0 Å². The van der Waals surface area contributed by atoms with Crippen LogP contribution in [-0.2, 0) is 6.42 Å². The molecule has 0 unspecified atom stereocenters. The molecule has 3 nitrogen and oxygen atoms in total. The van der Waals surface area contributed by atoms with Gasteiger partial charge in [0.15, 0.2) is 0 Å². The van der Waals surface area contributed by atoms with Crippen molar-refractivity contribution in [3.05, 3.63) is 29.8 Å². The third-order valence-electron chi connectivity index (χ3n) is 4.31. The van der Waals surface area contributed by atoms with Gasteiger partial charge in [0, 0.05) is 0 Å². The molecular weight excluding hydrogens is 328 g/mol. The summed E-state index contributed by atoms with van der Waals surface area (Å²) in [4.78, 5) is 0. The zero-order valence-corrected chi connectivity index (χ0v) is 15.4. The van der Waals surface area contributed by atoms with Crippen LogP contribution in [0.1, 0.15) is 44.6 Å². The van der Waals surface area contributed by atoms with Crippen LogP contribution in [0.3, 0.4) is 0 Å². The standard InChI is InChI=1S/C18H28O3S2/c1-2-15(19)12-17(21)13-18(22-10-3-11-23-18)9-8-14-4-6-16(20)7-5-14/h4-7,15,17,19-21H,2-3,8-13H2,1H3/t15-,17-/m1/s1. The van der Waals surface area contributed by atoms with Crippen molar-refractivity contribution in [2.45, 2.75) is 61.7 Å². The first-order chi connectivity index (χ1) is 11.0. The van der Waals surface area contributed by atoms with E-state index in [0.29, 0.717) is 18.6 Å². The van der Waals surface area contributed by atoms with E-state index in [1.165, 1.54) is 12.0 Å². The van der Waals surface area contributed by atoms with Gasteiger partial charge in [-0.15, -0.1) is 23.5 Å². The molecule has 1 aliphatic heterocycles. The maximum Gasteiger partial charge on any atom is 0.115 e. The Morgan fingerprint density at radius 2 is 1.74 bits per heavy atom. The average Bonchev–Trinajstić information content (AvgIpc) is 2.55.